The third-order valence-electron chi connectivity index (χ3n) is 4.82. The summed E-state index contributed by atoms with van der Waals surface area (Å²) >= 11 is 1.41. The maximum Gasteiger partial charge on any atom is 0.248 e. The first kappa shape index (κ1) is 23.1. The van der Waals surface area contributed by atoms with E-state index >= 15 is 0 Å². The van der Waals surface area contributed by atoms with Crippen LogP contribution in [0.5, 0.6) is 0 Å². The molecule has 1 atom stereocenters. The third kappa shape index (κ3) is 6.46. The largest absolute Gasteiger partial charge is 0.360 e. The summed E-state index contributed by atoms with van der Waals surface area (Å²) in [6, 6.07) is 28.2. The molecule has 0 saturated heterocycles. The van der Waals surface area contributed by atoms with Gasteiger partial charge in [-0.25, -0.2) is 0 Å². The Bertz CT molecular complexity index is 1270. The van der Waals surface area contributed by atoms with Crippen LogP contribution in [0.1, 0.15) is 22.1 Å². The van der Waals surface area contributed by atoms with Gasteiger partial charge in [-0.15, -0.1) is 11.8 Å². The summed E-state index contributed by atoms with van der Waals surface area (Å²) in [4.78, 5) is 26.2. The molecule has 4 aromatic rings. The number of carbonyl (C=O) groups is 2. The maximum atomic E-state index is 13.0. The minimum Gasteiger partial charge on any atom is -0.360 e. The average Bonchev–Trinajstić information content (AvgIpc) is 3.27. The zero-order valence-electron chi connectivity index (χ0n) is 18.5. The highest BCUT2D eigenvalue weighted by molar-refractivity contribution is 8.00. The molecule has 0 fully saturated rings. The second-order valence-corrected chi connectivity index (χ2v) is 8.66. The molecule has 0 saturated carbocycles. The fourth-order valence-electron chi connectivity index (χ4n) is 3.19. The number of aromatic nitrogens is 1. The lowest BCUT2D eigenvalue weighted by Crippen LogP contribution is -2.19. The Morgan fingerprint density at radius 3 is 2.24 bits per heavy atom. The molecule has 0 aliphatic heterocycles. The van der Waals surface area contributed by atoms with Crippen LogP contribution in [-0.4, -0.2) is 17.0 Å². The monoisotopic (exact) mass is 469 g/mol. The van der Waals surface area contributed by atoms with Crippen LogP contribution >= 0.6 is 11.8 Å². The Balaban J connectivity index is 1.43. The van der Waals surface area contributed by atoms with E-state index in [4.69, 9.17) is 4.52 Å². The number of rotatable bonds is 8. The van der Waals surface area contributed by atoms with Gasteiger partial charge in [0.2, 0.25) is 11.8 Å². The van der Waals surface area contributed by atoms with Crippen molar-refractivity contribution in [1.82, 2.24) is 5.16 Å². The van der Waals surface area contributed by atoms with Gasteiger partial charge in [-0.2, -0.15) is 0 Å². The van der Waals surface area contributed by atoms with E-state index in [2.05, 4.69) is 15.8 Å². The summed E-state index contributed by atoms with van der Waals surface area (Å²) < 4.78 is 5.05. The van der Waals surface area contributed by atoms with Crippen molar-refractivity contribution in [1.29, 1.82) is 0 Å². The van der Waals surface area contributed by atoms with Gasteiger partial charge in [-0.3, -0.25) is 9.59 Å². The van der Waals surface area contributed by atoms with Crippen LogP contribution in [0.3, 0.4) is 0 Å². The van der Waals surface area contributed by atoms with Crippen molar-refractivity contribution in [3.63, 3.8) is 0 Å². The average molecular weight is 470 g/mol. The van der Waals surface area contributed by atoms with E-state index in [1.54, 1.807) is 19.1 Å². The molecule has 1 heterocycles. The van der Waals surface area contributed by atoms with Crippen molar-refractivity contribution in [3.8, 4) is 0 Å². The predicted octanol–water partition coefficient (Wildman–Crippen LogP) is 6.11. The molecule has 170 valence electrons. The number of nitrogens with zero attached hydrogens (tertiary/aromatic N) is 1. The van der Waals surface area contributed by atoms with Gasteiger partial charge in [0.25, 0.3) is 0 Å². The minimum atomic E-state index is -0.493. The molecule has 4 rings (SSSR count). The third-order valence-corrected chi connectivity index (χ3v) is 6.09. The summed E-state index contributed by atoms with van der Waals surface area (Å²) in [6.07, 6.45) is 3.26. The van der Waals surface area contributed by atoms with Crippen molar-refractivity contribution >= 4 is 41.2 Å². The SMILES string of the molecule is Cc1cc(NC(=O)C(Sc2ccc(NC(=O)/C=C/c3ccccc3)cc2)c2ccccc2)no1. The minimum absolute atomic E-state index is 0.201. The molecular weight excluding hydrogens is 446 g/mol. The van der Waals surface area contributed by atoms with E-state index in [1.165, 1.54) is 17.8 Å². The van der Waals surface area contributed by atoms with Crippen LogP contribution in [-0.2, 0) is 9.59 Å². The summed E-state index contributed by atoms with van der Waals surface area (Å²) in [5.41, 5.74) is 2.50. The van der Waals surface area contributed by atoms with Crippen LogP contribution in [0.25, 0.3) is 6.08 Å². The van der Waals surface area contributed by atoms with E-state index in [9.17, 15) is 9.59 Å². The van der Waals surface area contributed by atoms with Crippen LogP contribution < -0.4 is 10.6 Å². The second-order valence-electron chi connectivity index (χ2n) is 7.48. The number of amides is 2. The molecule has 1 aromatic heterocycles. The Kier molecular flexibility index (Phi) is 7.57. The van der Waals surface area contributed by atoms with Gasteiger partial charge >= 0.3 is 0 Å². The van der Waals surface area contributed by atoms with Gasteiger partial charge in [0.05, 0.1) is 0 Å². The summed E-state index contributed by atoms with van der Waals surface area (Å²) in [6.45, 7) is 1.77. The van der Waals surface area contributed by atoms with Crippen molar-refractivity contribution in [3.05, 3.63) is 114 Å². The molecule has 0 aliphatic rings. The Hall–Kier alpha value is -4.10. The van der Waals surface area contributed by atoms with Gasteiger partial charge < -0.3 is 15.2 Å². The number of carbonyl (C=O) groups excluding carboxylic acids is 2. The van der Waals surface area contributed by atoms with Crippen LogP contribution in [0.2, 0.25) is 0 Å². The quantitative estimate of drug-likeness (QED) is 0.240. The molecular formula is C27H23N3O3S. The van der Waals surface area contributed by atoms with E-state index in [-0.39, 0.29) is 11.8 Å². The summed E-state index contributed by atoms with van der Waals surface area (Å²) in [5.74, 6) is 0.586. The van der Waals surface area contributed by atoms with Crippen molar-refractivity contribution in [2.24, 2.45) is 0 Å². The number of aryl methyl sites for hydroxylation is 1. The first-order valence-electron chi connectivity index (χ1n) is 10.7. The smallest absolute Gasteiger partial charge is 0.248 e. The van der Waals surface area contributed by atoms with E-state index in [0.29, 0.717) is 17.3 Å². The van der Waals surface area contributed by atoms with Crippen molar-refractivity contribution in [2.75, 3.05) is 10.6 Å². The van der Waals surface area contributed by atoms with E-state index in [1.807, 2.05) is 84.9 Å². The number of benzene rings is 3. The summed E-state index contributed by atoms with van der Waals surface area (Å²) in [7, 11) is 0. The van der Waals surface area contributed by atoms with Gasteiger partial charge in [-0.05, 0) is 48.4 Å². The Morgan fingerprint density at radius 2 is 1.59 bits per heavy atom. The lowest BCUT2D eigenvalue weighted by atomic mass is 10.1. The molecule has 34 heavy (non-hydrogen) atoms. The van der Waals surface area contributed by atoms with Crippen molar-refractivity contribution < 1.29 is 14.1 Å². The number of thioether (sulfide) groups is 1. The van der Waals surface area contributed by atoms with Gasteiger partial charge in [-0.1, -0.05) is 65.8 Å². The molecule has 0 spiro atoms. The molecule has 2 amide bonds. The fourth-order valence-corrected chi connectivity index (χ4v) is 4.22. The number of anilines is 2. The number of nitrogens with one attached hydrogen (secondary N) is 2. The zero-order valence-corrected chi connectivity index (χ0v) is 19.3. The van der Waals surface area contributed by atoms with E-state index < -0.39 is 5.25 Å². The standard InChI is InChI=1S/C27H23N3O3S/c1-19-18-24(30-33-19)29-27(32)26(21-10-6-3-7-11-21)34-23-15-13-22(14-16-23)28-25(31)17-12-20-8-4-2-5-9-20/h2-18,26H,1H3,(H,28,31)(H,29,30,32)/b17-12+. The molecule has 7 heteroatoms. The normalized spacial score (nSPS) is 11.8. The fraction of sp³-hybridized carbons (Fsp3) is 0.0741. The van der Waals surface area contributed by atoms with Gasteiger partial charge in [0.15, 0.2) is 5.82 Å². The van der Waals surface area contributed by atoms with Crippen LogP contribution in [0.4, 0.5) is 11.5 Å². The molecule has 0 bridgehead atoms. The Morgan fingerprint density at radius 1 is 0.912 bits per heavy atom. The predicted molar refractivity (Wildman–Crippen MR) is 135 cm³/mol. The topological polar surface area (TPSA) is 84.2 Å². The lowest BCUT2D eigenvalue weighted by molar-refractivity contribution is -0.116. The first-order valence-corrected chi connectivity index (χ1v) is 11.5. The second kappa shape index (κ2) is 11.2. The van der Waals surface area contributed by atoms with Gasteiger partial charge in [0, 0.05) is 22.7 Å². The molecule has 0 aliphatic carbocycles. The zero-order chi connectivity index (χ0) is 23.8. The number of hydrogen-bond donors (Lipinski definition) is 2. The van der Waals surface area contributed by atoms with Crippen LogP contribution in [0, 0.1) is 6.92 Å². The number of hydrogen-bond acceptors (Lipinski definition) is 5. The van der Waals surface area contributed by atoms with E-state index in [0.717, 1.165) is 16.0 Å². The molecule has 6 nitrogen and oxygen atoms in total. The maximum absolute atomic E-state index is 13.0. The lowest BCUT2D eigenvalue weighted by Gasteiger charge is -2.16. The highest BCUT2D eigenvalue weighted by Gasteiger charge is 2.23. The summed E-state index contributed by atoms with van der Waals surface area (Å²) in [5, 5.41) is 9.02. The van der Waals surface area contributed by atoms with Crippen molar-refractivity contribution in [2.45, 2.75) is 17.1 Å². The molecule has 1 unspecified atom stereocenters. The first-order chi connectivity index (χ1) is 16.6. The highest BCUT2D eigenvalue weighted by atomic mass is 32.2. The Labute approximate surface area is 202 Å². The highest BCUT2D eigenvalue weighted by Crippen LogP contribution is 2.36. The molecule has 2 N–H and O–H groups in total. The molecule has 3 aromatic carbocycles. The molecule has 0 radical (unpaired) electrons. The van der Waals surface area contributed by atoms with Gasteiger partial charge in [0.1, 0.15) is 11.0 Å². The van der Waals surface area contributed by atoms with Crippen LogP contribution in [0.15, 0.2) is 106 Å².